The molecule has 3 aromatic heterocycles. The van der Waals surface area contributed by atoms with E-state index in [2.05, 4.69) is 31.7 Å². The minimum absolute atomic E-state index is 0. The van der Waals surface area contributed by atoms with Crippen LogP contribution < -0.4 is 25.8 Å². The van der Waals surface area contributed by atoms with Gasteiger partial charge in [0.1, 0.15) is 17.6 Å². The number of anilines is 4. The zero-order valence-electron chi connectivity index (χ0n) is 33.6. The van der Waals surface area contributed by atoms with E-state index in [4.69, 9.17) is 43.5 Å². The normalized spacial score (nSPS) is 10.4. The molecule has 0 atom stereocenters. The Kier molecular flexibility index (Phi) is 18.3. The lowest BCUT2D eigenvalue weighted by molar-refractivity contribution is -0.116. The van der Waals surface area contributed by atoms with E-state index < -0.39 is 0 Å². The lowest BCUT2D eigenvalue weighted by Gasteiger charge is -2.16. The summed E-state index contributed by atoms with van der Waals surface area (Å²) in [4.78, 5) is 27.4. The number of hydrogen-bond acceptors (Lipinski definition) is 11. The van der Waals surface area contributed by atoms with Gasteiger partial charge in [-0.2, -0.15) is 5.26 Å². The largest absolute Gasteiger partial charge is 0.439 e. The van der Waals surface area contributed by atoms with Gasteiger partial charge >= 0.3 is 0 Å². The molecule has 0 radical (unpaired) electrons. The second-order valence-corrected chi connectivity index (χ2v) is 14.6. The number of rotatable bonds is 11. The molecule has 0 aliphatic rings. The van der Waals surface area contributed by atoms with Crippen molar-refractivity contribution in [2.45, 2.75) is 61.0 Å². The van der Waals surface area contributed by atoms with E-state index in [1.165, 1.54) is 6.20 Å². The van der Waals surface area contributed by atoms with Crippen molar-refractivity contribution in [1.29, 1.82) is 5.26 Å². The highest BCUT2D eigenvalue weighted by Crippen LogP contribution is 2.37. The molecule has 0 bridgehead atoms. The Labute approximate surface area is 357 Å². The van der Waals surface area contributed by atoms with Gasteiger partial charge in [0.05, 0.1) is 38.2 Å². The van der Waals surface area contributed by atoms with Crippen LogP contribution >= 0.6 is 23.2 Å². The molecule has 0 saturated heterocycles. The third kappa shape index (κ3) is 14.4. The number of hydrogen-bond donors (Lipinski definition) is 4. The van der Waals surface area contributed by atoms with Gasteiger partial charge in [0.2, 0.25) is 17.7 Å². The Balaban J connectivity index is 0.000000366. The molecule has 3 aromatic carbocycles. The number of aryl methyl sites for hydroxylation is 3. The van der Waals surface area contributed by atoms with Crippen molar-refractivity contribution in [3.8, 4) is 29.3 Å². The number of nitrogens with one attached hydrogen (secondary N) is 2. The zero-order chi connectivity index (χ0) is 42.4. The van der Waals surface area contributed by atoms with Gasteiger partial charge in [-0.1, -0.05) is 42.8 Å². The number of halogens is 2. The number of nitrogens with two attached hydrogens (primary N) is 1. The van der Waals surface area contributed by atoms with Crippen LogP contribution in [0, 0.1) is 32.1 Å². The predicted octanol–water partition coefficient (Wildman–Crippen LogP) is 11.0. The summed E-state index contributed by atoms with van der Waals surface area (Å²) in [6, 6.07) is 23.9. The molecular weight excluding hydrogens is 787 g/mol. The first-order chi connectivity index (χ1) is 27.6. The Morgan fingerprint density at radius 2 is 1.44 bits per heavy atom. The van der Waals surface area contributed by atoms with Gasteiger partial charge in [-0.25, -0.2) is 9.97 Å². The second kappa shape index (κ2) is 22.8. The van der Waals surface area contributed by atoms with Crippen LogP contribution in [0.15, 0.2) is 91.4 Å². The molecule has 12 nitrogen and oxygen atoms in total. The SMILES string of the molecule is C.CC(C)O.Cc1cc2ncc(C#N)c(Nc3ccc(Oc4ncccc4C)cc3Cl)c2cc1NC(=O)CCCN(C)C.Cc1cccnc1Oc1ccc(N)c(Cl)c1. The van der Waals surface area contributed by atoms with E-state index in [-0.39, 0.29) is 19.4 Å². The lowest BCUT2D eigenvalue weighted by atomic mass is 10.0. The fourth-order valence-electron chi connectivity index (χ4n) is 5.21. The van der Waals surface area contributed by atoms with Gasteiger partial charge in [0.25, 0.3) is 0 Å². The summed E-state index contributed by atoms with van der Waals surface area (Å²) in [5.74, 6) is 2.18. The fourth-order valence-corrected chi connectivity index (χ4v) is 5.60. The van der Waals surface area contributed by atoms with Crippen molar-refractivity contribution >= 4 is 62.8 Å². The number of aliphatic hydroxyl groups excluding tert-OH is 1. The molecule has 0 aliphatic heterocycles. The average Bonchev–Trinajstić information content (AvgIpc) is 3.16. The number of pyridine rings is 3. The van der Waals surface area contributed by atoms with E-state index in [1.54, 1.807) is 62.6 Å². The molecule has 310 valence electrons. The second-order valence-electron chi connectivity index (χ2n) is 13.8. The number of fused-ring (bicyclic) bond motifs is 1. The summed E-state index contributed by atoms with van der Waals surface area (Å²) in [7, 11) is 3.96. The van der Waals surface area contributed by atoms with Crippen molar-refractivity contribution in [3.63, 3.8) is 0 Å². The molecule has 3 heterocycles. The summed E-state index contributed by atoms with van der Waals surface area (Å²) < 4.78 is 11.5. The summed E-state index contributed by atoms with van der Waals surface area (Å²) in [6.45, 7) is 10.0. The van der Waals surface area contributed by atoms with Crippen molar-refractivity contribution in [2.24, 2.45) is 0 Å². The summed E-state index contributed by atoms with van der Waals surface area (Å²) >= 11 is 12.5. The maximum atomic E-state index is 12.6. The summed E-state index contributed by atoms with van der Waals surface area (Å²) in [6.07, 6.45) is 5.88. The molecule has 1 amide bonds. The number of nitrogens with zero attached hydrogens (tertiary/aromatic N) is 5. The molecule has 14 heteroatoms. The van der Waals surface area contributed by atoms with Gasteiger partial charge in [0, 0.05) is 65.4 Å². The molecule has 0 unspecified atom stereocenters. The van der Waals surface area contributed by atoms with Gasteiger partial charge in [-0.3, -0.25) is 9.78 Å². The predicted molar refractivity (Wildman–Crippen MR) is 240 cm³/mol. The zero-order valence-corrected chi connectivity index (χ0v) is 35.1. The molecule has 0 spiro atoms. The number of ether oxygens (including phenoxy) is 2. The first-order valence-electron chi connectivity index (χ1n) is 18.4. The van der Waals surface area contributed by atoms with E-state index in [1.807, 2.05) is 76.2 Å². The van der Waals surface area contributed by atoms with E-state index in [0.29, 0.717) is 78.9 Å². The standard InChI is InChI=1S/C29H29ClN6O2.C12H11ClN2O.C3H8O.CH4/c1-18-7-5-11-32-29(18)38-21-9-10-24(23(30)14-21)35-28-20(16-31)17-33-26-13-19(2)25(15-22(26)28)34-27(37)8-6-12-36(3)4;1-8-3-2-6-15-12(8)16-9-4-5-11(14)10(13)7-9;1-3(2)4;/h5,7,9-11,13-15,17H,6,8,12H2,1-4H3,(H,33,35)(H,34,37);2-7H,14H2,1H3;3-4H,1-2H3;1H4. The number of nitriles is 1. The lowest BCUT2D eigenvalue weighted by Crippen LogP contribution is -2.17. The van der Waals surface area contributed by atoms with Crippen LogP contribution in [0.4, 0.5) is 22.7 Å². The molecule has 59 heavy (non-hydrogen) atoms. The third-order valence-corrected chi connectivity index (χ3v) is 8.78. The highest BCUT2D eigenvalue weighted by molar-refractivity contribution is 6.33. The van der Waals surface area contributed by atoms with Crippen LogP contribution in [0.3, 0.4) is 0 Å². The minimum atomic E-state index is -0.167. The van der Waals surface area contributed by atoms with Crippen LogP contribution in [0.1, 0.15) is 56.4 Å². The fraction of sp³-hybridized carbons (Fsp3) is 0.267. The average molecular weight is 840 g/mol. The highest BCUT2D eigenvalue weighted by Gasteiger charge is 2.15. The van der Waals surface area contributed by atoms with Crippen molar-refractivity contribution in [1.82, 2.24) is 19.9 Å². The number of carbonyl (C=O) groups is 1. The number of benzene rings is 3. The van der Waals surface area contributed by atoms with Gasteiger partial charge in [-0.15, -0.1) is 0 Å². The molecule has 5 N–H and O–H groups in total. The van der Waals surface area contributed by atoms with Crippen molar-refractivity contribution in [2.75, 3.05) is 37.0 Å². The Bertz CT molecular complexity index is 2380. The first kappa shape index (κ1) is 47.4. The third-order valence-electron chi connectivity index (χ3n) is 8.14. The maximum Gasteiger partial charge on any atom is 0.224 e. The summed E-state index contributed by atoms with van der Waals surface area (Å²) in [5.41, 5.74) is 11.8. The molecule has 6 aromatic rings. The van der Waals surface area contributed by atoms with Crippen LogP contribution in [0.25, 0.3) is 10.9 Å². The number of amides is 1. The van der Waals surface area contributed by atoms with Gasteiger partial charge in [-0.05, 0) is 116 Å². The molecule has 0 aliphatic carbocycles. The quantitative estimate of drug-likeness (QED) is 0.0915. The smallest absolute Gasteiger partial charge is 0.224 e. The van der Waals surface area contributed by atoms with E-state index in [0.717, 1.165) is 29.7 Å². The Morgan fingerprint density at radius 1 is 0.864 bits per heavy atom. The minimum Gasteiger partial charge on any atom is -0.439 e. The number of aromatic nitrogens is 3. The monoisotopic (exact) mass is 838 g/mol. The van der Waals surface area contributed by atoms with Crippen LogP contribution in [-0.4, -0.2) is 57.6 Å². The van der Waals surface area contributed by atoms with Crippen LogP contribution in [0.5, 0.6) is 23.3 Å². The van der Waals surface area contributed by atoms with Crippen LogP contribution in [-0.2, 0) is 4.79 Å². The maximum absolute atomic E-state index is 12.6. The van der Waals surface area contributed by atoms with E-state index >= 15 is 0 Å². The highest BCUT2D eigenvalue weighted by atomic mass is 35.5. The summed E-state index contributed by atoms with van der Waals surface area (Å²) in [5, 5.41) is 25.7. The molecule has 6 rings (SSSR count). The Hall–Kier alpha value is -5.97. The van der Waals surface area contributed by atoms with Crippen molar-refractivity contribution in [3.05, 3.63) is 124 Å². The van der Waals surface area contributed by atoms with Gasteiger partial charge < -0.3 is 35.8 Å². The van der Waals surface area contributed by atoms with Gasteiger partial charge in [0.15, 0.2) is 0 Å². The number of aliphatic hydroxyl groups is 1. The topological polar surface area (TPSA) is 172 Å². The van der Waals surface area contributed by atoms with Crippen LogP contribution in [0.2, 0.25) is 10.0 Å². The molecule has 0 saturated carbocycles. The number of nitrogen functional groups attached to an aromatic ring is 1. The van der Waals surface area contributed by atoms with E-state index in [9.17, 15) is 10.1 Å². The first-order valence-corrected chi connectivity index (χ1v) is 19.2. The molecule has 0 fully saturated rings. The Morgan fingerprint density at radius 3 is 1.97 bits per heavy atom. The number of carbonyl (C=O) groups excluding carboxylic acids is 1. The molecular formula is C45H52Cl2N8O4. The van der Waals surface area contributed by atoms with Crippen molar-refractivity contribution < 1.29 is 19.4 Å².